The van der Waals surface area contributed by atoms with Gasteiger partial charge in [-0.15, -0.1) is 0 Å². The molecule has 0 spiro atoms. The summed E-state index contributed by atoms with van der Waals surface area (Å²) in [5.74, 6) is 2.00. The van der Waals surface area contributed by atoms with Gasteiger partial charge in [-0.25, -0.2) is 13.1 Å². The maximum atomic E-state index is 12.6. The first-order valence-electron chi connectivity index (χ1n) is 10.4. The van der Waals surface area contributed by atoms with Crippen LogP contribution in [0, 0.1) is 11.8 Å². The second kappa shape index (κ2) is 8.71. The van der Waals surface area contributed by atoms with Crippen molar-refractivity contribution in [2.45, 2.75) is 62.4 Å². The monoisotopic (exact) mass is 416 g/mol. The molecule has 156 valence electrons. The first-order valence-corrected chi connectivity index (χ1v) is 11.9. The van der Waals surface area contributed by atoms with E-state index in [1.54, 1.807) is 24.3 Å². The molecule has 1 heterocycles. The van der Waals surface area contributed by atoms with Gasteiger partial charge in [0.2, 0.25) is 10.0 Å². The number of furan rings is 1. The molecule has 2 aliphatic carbocycles. The second-order valence-electron chi connectivity index (χ2n) is 8.22. The van der Waals surface area contributed by atoms with Gasteiger partial charge in [0.1, 0.15) is 5.76 Å². The summed E-state index contributed by atoms with van der Waals surface area (Å²) >= 11 is 0. The standard InChI is InChI=1S/C22H28N2O4S/c25-22(24-19-10-7-16-4-1-2-5-18(16)14-19)17-8-11-21(12-9-17)29(26,27)23-15-20-6-3-13-28-20/h3,6,8-9,11-13,16,18-19,23H,1-2,4-5,7,10,14-15H2,(H,24,25)/t16-,18-,19+/m0/s1. The van der Waals surface area contributed by atoms with E-state index in [-0.39, 0.29) is 23.4 Å². The van der Waals surface area contributed by atoms with Crippen molar-refractivity contribution < 1.29 is 17.6 Å². The predicted molar refractivity (Wildman–Crippen MR) is 110 cm³/mol. The Morgan fingerprint density at radius 3 is 2.48 bits per heavy atom. The highest BCUT2D eigenvalue weighted by atomic mass is 32.2. The molecule has 0 radical (unpaired) electrons. The molecule has 2 aromatic rings. The lowest BCUT2D eigenvalue weighted by Crippen LogP contribution is -2.41. The Morgan fingerprint density at radius 1 is 1.00 bits per heavy atom. The maximum Gasteiger partial charge on any atom is 0.251 e. The third-order valence-corrected chi connectivity index (χ3v) is 7.74. The smallest absolute Gasteiger partial charge is 0.251 e. The number of rotatable bonds is 6. The molecule has 29 heavy (non-hydrogen) atoms. The van der Waals surface area contributed by atoms with E-state index in [1.807, 2.05) is 0 Å². The fourth-order valence-electron chi connectivity index (χ4n) is 4.72. The van der Waals surface area contributed by atoms with Crippen LogP contribution in [0.25, 0.3) is 0 Å². The zero-order valence-corrected chi connectivity index (χ0v) is 17.3. The average Bonchev–Trinajstić information content (AvgIpc) is 3.26. The van der Waals surface area contributed by atoms with E-state index in [9.17, 15) is 13.2 Å². The molecule has 1 aromatic carbocycles. The van der Waals surface area contributed by atoms with Gasteiger partial charge >= 0.3 is 0 Å². The Kier molecular flexibility index (Phi) is 6.06. The zero-order valence-electron chi connectivity index (χ0n) is 16.5. The van der Waals surface area contributed by atoms with Gasteiger partial charge in [0.05, 0.1) is 17.7 Å². The summed E-state index contributed by atoms with van der Waals surface area (Å²) in [6.07, 6.45) is 10.1. The van der Waals surface area contributed by atoms with Crippen LogP contribution in [0.15, 0.2) is 52.0 Å². The first-order chi connectivity index (χ1) is 14.0. The topological polar surface area (TPSA) is 88.4 Å². The van der Waals surface area contributed by atoms with E-state index in [1.165, 1.54) is 50.5 Å². The van der Waals surface area contributed by atoms with Crippen LogP contribution in [-0.2, 0) is 16.6 Å². The van der Waals surface area contributed by atoms with Gasteiger partial charge in [-0.2, -0.15) is 0 Å². The van der Waals surface area contributed by atoms with Crippen molar-refractivity contribution in [2.75, 3.05) is 0 Å². The van der Waals surface area contributed by atoms with E-state index >= 15 is 0 Å². The van der Waals surface area contributed by atoms with Crippen LogP contribution >= 0.6 is 0 Å². The zero-order chi connectivity index (χ0) is 20.3. The van der Waals surface area contributed by atoms with Crippen molar-refractivity contribution in [3.8, 4) is 0 Å². The highest BCUT2D eigenvalue weighted by molar-refractivity contribution is 7.89. The van der Waals surface area contributed by atoms with Crippen molar-refractivity contribution in [2.24, 2.45) is 11.8 Å². The Hall–Kier alpha value is -2.12. The number of sulfonamides is 1. The molecule has 0 saturated heterocycles. The van der Waals surface area contributed by atoms with E-state index < -0.39 is 10.0 Å². The molecule has 4 rings (SSSR count). The van der Waals surface area contributed by atoms with Crippen LogP contribution in [0.4, 0.5) is 0 Å². The van der Waals surface area contributed by atoms with Crippen molar-refractivity contribution in [3.63, 3.8) is 0 Å². The lowest BCUT2D eigenvalue weighted by atomic mass is 9.69. The molecule has 6 nitrogen and oxygen atoms in total. The van der Waals surface area contributed by atoms with Gasteiger partial charge in [0.15, 0.2) is 0 Å². The number of carbonyl (C=O) groups excluding carboxylic acids is 1. The summed E-state index contributed by atoms with van der Waals surface area (Å²) in [5, 5.41) is 3.15. The third-order valence-electron chi connectivity index (χ3n) is 6.32. The molecule has 7 heteroatoms. The first kappa shape index (κ1) is 20.2. The fourth-order valence-corrected chi connectivity index (χ4v) is 5.71. The molecule has 2 saturated carbocycles. The van der Waals surface area contributed by atoms with Crippen molar-refractivity contribution in [1.82, 2.24) is 10.0 Å². The SMILES string of the molecule is O=C(N[C@@H]1CC[C@@H]2CCCC[C@H]2C1)c1ccc(S(=O)(=O)NCc2ccco2)cc1. The number of hydrogen-bond donors (Lipinski definition) is 2. The quantitative estimate of drug-likeness (QED) is 0.749. The number of amides is 1. The lowest BCUT2D eigenvalue weighted by molar-refractivity contribution is 0.0879. The number of benzene rings is 1. The van der Waals surface area contributed by atoms with E-state index in [0.29, 0.717) is 11.3 Å². The lowest BCUT2D eigenvalue weighted by Gasteiger charge is -2.39. The Labute approximate surface area is 172 Å². The largest absolute Gasteiger partial charge is 0.468 e. The Morgan fingerprint density at radius 2 is 1.76 bits per heavy atom. The minimum atomic E-state index is -3.66. The number of nitrogens with one attached hydrogen (secondary N) is 2. The van der Waals surface area contributed by atoms with Gasteiger partial charge in [-0.1, -0.05) is 25.7 Å². The Balaban J connectivity index is 1.34. The number of carbonyl (C=O) groups is 1. The van der Waals surface area contributed by atoms with Crippen molar-refractivity contribution in [1.29, 1.82) is 0 Å². The van der Waals surface area contributed by atoms with Crippen LogP contribution < -0.4 is 10.0 Å². The summed E-state index contributed by atoms with van der Waals surface area (Å²) < 4.78 is 32.4. The van der Waals surface area contributed by atoms with Crippen LogP contribution in [0.2, 0.25) is 0 Å². The number of fused-ring (bicyclic) bond motifs is 1. The van der Waals surface area contributed by atoms with Gasteiger partial charge in [-0.3, -0.25) is 4.79 Å². The molecular formula is C22H28N2O4S. The number of hydrogen-bond acceptors (Lipinski definition) is 4. The molecule has 3 atom stereocenters. The molecule has 1 aromatic heterocycles. The normalized spacial score (nSPS) is 24.6. The van der Waals surface area contributed by atoms with Gasteiger partial charge < -0.3 is 9.73 Å². The summed E-state index contributed by atoms with van der Waals surface area (Å²) in [5.41, 5.74) is 0.487. The highest BCUT2D eigenvalue weighted by Crippen LogP contribution is 2.40. The van der Waals surface area contributed by atoms with Gasteiger partial charge in [0.25, 0.3) is 5.91 Å². The van der Waals surface area contributed by atoms with E-state index in [0.717, 1.165) is 24.7 Å². The predicted octanol–water partition coefficient (Wildman–Crippen LogP) is 3.85. The minimum Gasteiger partial charge on any atom is -0.468 e. The molecule has 0 unspecified atom stereocenters. The second-order valence-corrected chi connectivity index (χ2v) is 9.98. The van der Waals surface area contributed by atoms with Crippen molar-refractivity contribution in [3.05, 3.63) is 54.0 Å². The van der Waals surface area contributed by atoms with Crippen LogP contribution in [0.5, 0.6) is 0 Å². The fraction of sp³-hybridized carbons (Fsp3) is 0.500. The highest BCUT2D eigenvalue weighted by Gasteiger charge is 2.32. The minimum absolute atomic E-state index is 0.0847. The molecule has 0 aliphatic heterocycles. The summed E-state index contributed by atoms with van der Waals surface area (Å²) in [6.45, 7) is 0.0847. The molecular weight excluding hydrogens is 388 g/mol. The van der Waals surface area contributed by atoms with Crippen LogP contribution in [0.1, 0.15) is 61.1 Å². The molecule has 2 aliphatic rings. The van der Waals surface area contributed by atoms with Gasteiger partial charge in [0, 0.05) is 11.6 Å². The molecule has 2 N–H and O–H groups in total. The third kappa shape index (κ3) is 4.90. The van der Waals surface area contributed by atoms with Crippen LogP contribution in [0.3, 0.4) is 0 Å². The van der Waals surface area contributed by atoms with Gasteiger partial charge in [-0.05, 0) is 67.5 Å². The average molecular weight is 417 g/mol. The van der Waals surface area contributed by atoms with E-state index in [2.05, 4.69) is 10.0 Å². The van der Waals surface area contributed by atoms with Crippen LogP contribution in [-0.4, -0.2) is 20.4 Å². The summed E-state index contributed by atoms with van der Waals surface area (Å²) in [6, 6.07) is 9.72. The summed E-state index contributed by atoms with van der Waals surface area (Å²) in [7, 11) is -3.66. The Bertz CT molecular complexity index is 922. The molecule has 2 fully saturated rings. The molecule has 0 bridgehead atoms. The summed E-state index contributed by atoms with van der Waals surface area (Å²) in [4.78, 5) is 12.8. The molecule has 1 amide bonds. The van der Waals surface area contributed by atoms with Crippen molar-refractivity contribution >= 4 is 15.9 Å². The van der Waals surface area contributed by atoms with E-state index in [4.69, 9.17) is 4.42 Å². The maximum absolute atomic E-state index is 12.6.